The molecule has 2 nitrogen and oxygen atoms in total. The Balaban J connectivity index is 2.50. The Labute approximate surface area is 142 Å². The highest BCUT2D eigenvalue weighted by Gasteiger charge is 2.46. The number of carbonyl (C=O) groups excluding carboxylic acids is 1. The van der Waals surface area contributed by atoms with Crippen LogP contribution in [0.1, 0.15) is 64.4 Å². The lowest BCUT2D eigenvalue weighted by atomic mass is 9.59. The van der Waals surface area contributed by atoms with Crippen LogP contribution >= 0.6 is 0 Å². The van der Waals surface area contributed by atoms with Crippen LogP contribution in [-0.2, 0) is 10.2 Å². The zero-order chi connectivity index (χ0) is 16.9. The molecule has 0 amide bonds. The molecule has 1 aromatic rings. The molecule has 1 aliphatic carbocycles. The number of hydrogen-bond acceptors (Lipinski definition) is 2. The van der Waals surface area contributed by atoms with Crippen LogP contribution < -0.4 is 0 Å². The van der Waals surface area contributed by atoms with Crippen molar-refractivity contribution in [2.75, 3.05) is 14.1 Å². The van der Waals surface area contributed by atoms with Crippen molar-refractivity contribution < 1.29 is 4.79 Å². The Morgan fingerprint density at radius 1 is 1.17 bits per heavy atom. The smallest absolute Gasteiger partial charge is 0.143 e. The van der Waals surface area contributed by atoms with E-state index in [0.29, 0.717) is 24.2 Å². The maximum atomic E-state index is 13.3. The Bertz CT molecular complexity index is 490. The maximum absolute atomic E-state index is 13.3. The summed E-state index contributed by atoms with van der Waals surface area (Å²) in [4.78, 5) is 15.5. The molecular weight excluding hydrogens is 282 g/mol. The molecule has 0 radical (unpaired) electrons. The van der Waals surface area contributed by atoms with E-state index in [4.69, 9.17) is 0 Å². The largest absolute Gasteiger partial charge is 0.307 e. The van der Waals surface area contributed by atoms with E-state index >= 15 is 0 Å². The normalized spacial score (nSPS) is 20.2. The van der Waals surface area contributed by atoms with Crippen LogP contribution in [0.15, 0.2) is 30.3 Å². The molecule has 1 saturated carbocycles. The first kappa shape index (κ1) is 18.2. The molecule has 0 heterocycles. The summed E-state index contributed by atoms with van der Waals surface area (Å²) in [7, 11) is 4.25. The molecule has 2 heteroatoms. The molecule has 0 bridgehead atoms. The molecular formula is C21H33NO. The molecule has 1 aromatic carbocycles. The zero-order valence-corrected chi connectivity index (χ0v) is 15.3. The fraction of sp³-hybridized carbons (Fsp3) is 0.667. The molecule has 0 saturated heterocycles. The molecule has 1 fully saturated rings. The van der Waals surface area contributed by atoms with Crippen molar-refractivity contribution in [2.24, 2.45) is 5.92 Å². The van der Waals surface area contributed by atoms with Gasteiger partial charge in [0.1, 0.15) is 5.78 Å². The SMILES string of the molecule is CCC(=O)C(CC(C)N(C)C)(c1ccccc1)C1CCCCC1. The molecule has 0 spiro atoms. The van der Waals surface area contributed by atoms with Crippen molar-refractivity contribution in [3.8, 4) is 0 Å². The Hall–Kier alpha value is -1.15. The maximum Gasteiger partial charge on any atom is 0.143 e. The summed E-state index contributed by atoms with van der Waals surface area (Å²) in [6.07, 6.45) is 7.82. The van der Waals surface area contributed by atoms with Gasteiger partial charge in [-0.25, -0.2) is 0 Å². The summed E-state index contributed by atoms with van der Waals surface area (Å²) >= 11 is 0. The lowest BCUT2D eigenvalue weighted by molar-refractivity contribution is -0.128. The number of nitrogens with zero attached hydrogens (tertiary/aromatic N) is 1. The second-order valence-corrected chi connectivity index (χ2v) is 7.47. The van der Waals surface area contributed by atoms with Crippen LogP contribution in [0.3, 0.4) is 0 Å². The molecule has 0 aromatic heterocycles. The van der Waals surface area contributed by atoms with Crippen molar-refractivity contribution in [1.29, 1.82) is 0 Å². The van der Waals surface area contributed by atoms with E-state index in [1.807, 2.05) is 6.92 Å². The minimum atomic E-state index is -0.305. The topological polar surface area (TPSA) is 20.3 Å². The predicted molar refractivity (Wildman–Crippen MR) is 97.8 cm³/mol. The molecule has 128 valence electrons. The molecule has 23 heavy (non-hydrogen) atoms. The van der Waals surface area contributed by atoms with Crippen molar-refractivity contribution in [1.82, 2.24) is 4.90 Å². The van der Waals surface area contributed by atoms with Gasteiger partial charge in [0, 0.05) is 12.5 Å². The summed E-state index contributed by atoms with van der Waals surface area (Å²) in [6.45, 7) is 4.28. The van der Waals surface area contributed by atoms with Gasteiger partial charge in [0.05, 0.1) is 5.41 Å². The van der Waals surface area contributed by atoms with Gasteiger partial charge in [-0.15, -0.1) is 0 Å². The van der Waals surface area contributed by atoms with E-state index in [0.717, 1.165) is 6.42 Å². The van der Waals surface area contributed by atoms with Crippen molar-refractivity contribution in [3.05, 3.63) is 35.9 Å². The van der Waals surface area contributed by atoms with Crippen molar-refractivity contribution >= 4 is 5.78 Å². The fourth-order valence-electron chi connectivity index (χ4n) is 4.32. The molecule has 0 aliphatic heterocycles. The first-order valence-corrected chi connectivity index (χ1v) is 9.27. The van der Waals surface area contributed by atoms with E-state index in [1.165, 1.54) is 37.7 Å². The summed E-state index contributed by atoms with van der Waals surface area (Å²) < 4.78 is 0. The summed E-state index contributed by atoms with van der Waals surface area (Å²) in [6, 6.07) is 11.0. The minimum absolute atomic E-state index is 0.305. The fourth-order valence-corrected chi connectivity index (χ4v) is 4.32. The number of ketones is 1. The lowest BCUT2D eigenvalue weighted by Crippen LogP contribution is -2.48. The summed E-state index contributed by atoms with van der Waals surface area (Å²) in [5, 5.41) is 0. The van der Waals surface area contributed by atoms with Gasteiger partial charge in [-0.3, -0.25) is 4.79 Å². The van der Waals surface area contributed by atoms with E-state index in [9.17, 15) is 4.79 Å². The van der Waals surface area contributed by atoms with Crippen LogP contribution in [0.5, 0.6) is 0 Å². The van der Waals surface area contributed by atoms with Crippen LogP contribution in [0.4, 0.5) is 0 Å². The van der Waals surface area contributed by atoms with Crippen LogP contribution in [0.25, 0.3) is 0 Å². The Morgan fingerprint density at radius 3 is 2.30 bits per heavy atom. The van der Waals surface area contributed by atoms with Crippen LogP contribution in [0, 0.1) is 5.92 Å². The molecule has 2 atom stereocenters. The van der Waals surface area contributed by atoms with Gasteiger partial charge >= 0.3 is 0 Å². The zero-order valence-electron chi connectivity index (χ0n) is 15.3. The van der Waals surface area contributed by atoms with E-state index in [2.05, 4.69) is 56.3 Å². The van der Waals surface area contributed by atoms with Gasteiger partial charge in [0.25, 0.3) is 0 Å². The molecule has 2 rings (SSSR count). The second kappa shape index (κ2) is 8.10. The number of benzene rings is 1. The van der Waals surface area contributed by atoms with Crippen LogP contribution in [-0.4, -0.2) is 30.8 Å². The average Bonchev–Trinajstić information content (AvgIpc) is 2.60. The lowest BCUT2D eigenvalue weighted by Gasteiger charge is -2.44. The third kappa shape index (κ3) is 3.85. The van der Waals surface area contributed by atoms with Crippen molar-refractivity contribution in [3.63, 3.8) is 0 Å². The standard InChI is InChI=1S/C21H33NO/c1-5-20(23)21(16-17(2)22(3)4,18-12-8-6-9-13-18)19-14-10-7-11-15-19/h6,8-9,12-13,17,19H,5,7,10-11,14-16H2,1-4H3. The first-order valence-electron chi connectivity index (χ1n) is 9.27. The van der Waals surface area contributed by atoms with Gasteiger partial charge < -0.3 is 4.90 Å². The quantitative estimate of drug-likeness (QED) is 0.718. The number of hydrogen-bond donors (Lipinski definition) is 0. The number of rotatable bonds is 7. The van der Waals surface area contributed by atoms with Gasteiger partial charge in [-0.2, -0.15) is 0 Å². The first-order chi connectivity index (χ1) is 11.0. The molecule has 2 unspecified atom stereocenters. The number of Topliss-reactive ketones (excluding diaryl/α,β-unsaturated/α-hetero) is 1. The monoisotopic (exact) mass is 315 g/mol. The van der Waals surface area contributed by atoms with E-state index < -0.39 is 0 Å². The van der Waals surface area contributed by atoms with E-state index in [1.54, 1.807) is 0 Å². The van der Waals surface area contributed by atoms with Gasteiger partial charge in [0.15, 0.2) is 0 Å². The van der Waals surface area contributed by atoms with Gasteiger partial charge in [0.2, 0.25) is 0 Å². The predicted octanol–water partition coefficient (Wildman–Crippen LogP) is 4.82. The third-order valence-electron chi connectivity index (χ3n) is 5.91. The average molecular weight is 316 g/mol. The highest BCUT2D eigenvalue weighted by atomic mass is 16.1. The number of carbonyl (C=O) groups is 1. The minimum Gasteiger partial charge on any atom is -0.307 e. The van der Waals surface area contributed by atoms with E-state index in [-0.39, 0.29) is 5.41 Å². The molecule has 0 N–H and O–H groups in total. The second-order valence-electron chi connectivity index (χ2n) is 7.47. The third-order valence-corrected chi connectivity index (χ3v) is 5.91. The Morgan fingerprint density at radius 2 is 1.78 bits per heavy atom. The van der Waals surface area contributed by atoms with Crippen molar-refractivity contribution in [2.45, 2.75) is 70.3 Å². The highest BCUT2D eigenvalue weighted by Crippen LogP contribution is 2.46. The van der Waals surface area contributed by atoms with Gasteiger partial charge in [-0.05, 0) is 51.8 Å². The summed E-state index contributed by atoms with van der Waals surface area (Å²) in [5.41, 5.74) is 0.938. The highest BCUT2D eigenvalue weighted by molar-refractivity contribution is 5.90. The molecule has 1 aliphatic rings. The summed E-state index contributed by atoms with van der Waals surface area (Å²) in [5.74, 6) is 0.929. The Kier molecular flexibility index (Phi) is 6.41. The van der Waals surface area contributed by atoms with Gasteiger partial charge in [-0.1, -0.05) is 56.5 Å². The van der Waals surface area contributed by atoms with Crippen LogP contribution in [0.2, 0.25) is 0 Å².